The summed E-state index contributed by atoms with van der Waals surface area (Å²) >= 11 is 6.97. The number of carbonyl (C=O) groups is 3. The van der Waals surface area contributed by atoms with Gasteiger partial charge in [0.25, 0.3) is 11.8 Å². The molecule has 1 N–H and O–H groups in total. The average Bonchev–Trinajstić information content (AvgIpc) is 3.40. The quantitative estimate of drug-likeness (QED) is 0.392. The van der Waals surface area contributed by atoms with E-state index in [0.717, 1.165) is 11.3 Å². The summed E-state index contributed by atoms with van der Waals surface area (Å²) in [5, 5.41) is 3.46. The van der Waals surface area contributed by atoms with Crippen LogP contribution in [0.5, 0.6) is 5.75 Å². The molecule has 0 aliphatic carbocycles. The van der Waals surface area contributed by atoms with Gasteiger partial charge in [0.05, 0.1) is 17.0 Å². The molecule has 0 saturated carbocycles. The normalized spacial score (nSPS) is 10.6. The molecule has 0 aliphatic rings. The average molecular weight is 505 g/mol. The van der Waals surface area contributed by atoms with Crippen molar-refractivity contribution in [1.29, 1.82) is 0 Å². The van der Waals surface area contributed by atoms with Crippen LogP contribution in [-0.4, -0.2) is 43.4 Å². The van der Waals surface area contributed by atoms with Crippen LogP contribution < -0.4 is 10.1 Å². The summed E-state index contributed by atoms with van der Waals surface area (Å²) in [6, 6.07) is 10.1. The highest BCUT2D eigenvalue weighted by Gasteiger charge is 2.28. The fraction of sp³-hybridized carbons (Fsp3) is 0.292. The third-order valence-corrected chi connectivity index (χ3v) is 6.11. The number of nitrogens with zero attached hydrogens (tertiary/aromatic N) is 1. The van der Waals surface area contributed by atoms with Gasteiger partial charge in [-0.05, 0) is 49.2 Å². The first-order chi connectivity index (χ1) is 16.2. The van der Waals surface area contributed by atoms with Gasteiger partial charge in [-0.15, -0.1) is 11.3 Å². The predicted octanol–water partition coefficient (Wildman–Crippen LogP) is 5.40. The Morgan fingerprint density at radius 2 is 1.94 bits per heavy atom. The minimum absolute atomic E-state index is 0.0316. The molecule has 0 radical (unpaired) electrons. The van der Waals surface area contributed by atoms with Crippen LogP contribution in [0.4, 0.5) is 5.00 Å². The molecule has 0 bridgehead atoms. The maximum absolute atomic E-state index is 12.9. The van der Waals surface area contributed by atoms with Crippen molar-refractivity contribution < 1.29 is 28.3 Å². The summed E-state index contributed by atoms with van der Waals surface area (Å²) in [6.45, 7) is 3.86. The lowest BCUT2D eigenvalue weighted by atomic mass is 10.1. The number of hydrogen-bond donors (Lipinski definition) is 1. The van der Waals surface area contributed by atoms with Gasteiger partial charge in [-0.1, -0.05) is 24.6 Å². The van der Waals surface area contributed by atoms with Gasteiger partial charge in [0, 0.05) is 19.1 Å². The third-order valence-electron chi connectivity index (χ3n) is 4.68. The zero-order valence-corrected chi connectivity index (χ0v) is 20.8. The van der Waals surface area contributed by atoms with Crippen molar-refractivity contribution in [2.75, 3.05) is 26.0 Å². The standard InChI is InChI=1S/C24H25ClN2O6S/c1-5-11-31-24(30)19-14(2)20(23(29)27(3)4)34-22(19)26-21(28)18-10-9-17(33-18)13-32-16-8-6-7-15(25)12-16/h6-10,12H,5,11,13H2,1-4H3,(H,26,28). The number of benzene rings is 1. The van der Waals surface area contributed by atoms with Crippen molar-refractivity contribution in [2.24, 2.45) is 0 Å². The highest BCUT2D eigenvalue weighted by molar-refractivity contribution is 7.18. The smallest absolute Gasteiger partial charge is 0.341 e. The van der Waals surface area contributed by atoms with Crippen LogP contribution >= 0.6 is 22.9 Å². The first kappa shape index (κ1) is 25.3. The molecule has 0 saturated heterocycles. The number of thiophene rings is 1. The zero-order chi connectivity index (χ0) is 24.8. The Morgan fingerprint density at radius 1 is 1.18 bits per heavy atom. The molecule has 0 atom stereocenters. The number of amides is 2. The molecule has 2 aromatic heterocycles. The molecule has 0 unspecified atom stereocenters. The van der Waals surface area contributed by atoms with E-state index in [-0.39, 0.29) is 35.4 Å². The van der Waals surface area contributed by atoms with Gasteiger partial charge < -0.3 is 24.1 Å². The van der Waals surface area contributed by atoms with Crippen LogP contribution in [0.3, 0.4) is 0 Å². The molecule has 0 fully saturated rings. The molecule has 3 rings (SSSR count). The van der Waals surface area contributed by atoms with Gasteiger partial charge >= 0.3 is 5.97 Å². The largest absolute Gasteiger partial charge is 0.486 e. The Bertz CT molecular complexity index is 1200. The van der Waals surface area contributed by atoms with E-state index in [2.05, 4.69) is 5.32 Å². The van der Waals surface area contributed by atoms with E-state index in [4.69, 9.17) is 25.5 Å². The van der Waals surface area contributed by atoms with E-state index in [1.54, 1.807) is 51.4 Å². The summed E-state index contributed by atoms with van der Waals surface area (Å²) in [4.78, 5) is 39.9. The number of esters is 1. The zero-order valence-electron chi connectivity index (χ0n) is 19.3. The lowest BCUT2D eigenvalue weighted by molar-refractivity contribution is 0.0506. The Balaban J connectivity index is 1.78. The summed E-state index contributed by atoms with van der Waals surface area (Å²) in [6.07, 6.45) is 0.645. The number of nitrogens with one attached hydrogen (secondary N) is 1. The van der Waals surface area contributed by atoms with Gasteiger partial charge in [0.2, 0.25) is 0 Å². The molecule has 2 heterocycles. The van der Waals surface area contributed by atoms with Crippen molar-refractivity contribution in [3.05, 3.63) is 68.9 Å². The van der Waals surface area contributed by atoms with Gasteiger partial charge in [-0.25, -0.2) is 4.79 Å². The minimum atomic E-state index is -0.598. The second-order valence-electron chi connectivity index (χ2n) is 7.56. The molecule has 180 valence electrons. The van der Waals surface area contributed by atoms with E-state index < -0.39 is 11.9 Å². The van der Waals surface area contributed by atoms with Gasteiger partial charge in [-0.2, -0.15) is 0 Å². The number of rotatable bonds is 9. The Hall–Kier alpha value is -3.30. The molecule has 10 heteroatoms. The second kappa shape index (κ2) is 11.2. The first-order valence-electron chi connectivity index (χ1n) is 10.5. The van der Waals surface area contributed by atoms with Crippen LogP contribution in [0.1, 0.15) is 55.3 Å². The van der Waals surface area contributed by atoms with Gasteiger partial charge in [-0.3, -0.25) is 9.59 Å². The molecule has 34 heavy (non-hydrogen) atoms. The number of hydrogen-bond acceptors (Lipinski definition) is 7. The highest BCUT2D eigenvalue weighted by atomic mass is 35.5. The summed E-state index contributed by atoms with van der Waals surface area (Å²) in [7, 11) is 3.23. The topological polar surface area (TPSA) is 98.1 Å². The lowest BCUT2D eigenvalue weighted by Gasteiger charge is -2.09. The van der Waals surface area contributed by atoms with Crippen molar-refractivity contribution in [1.82, 2.24) is 4.90 Å². The van der Waals surface area contributed by atoms with E-state index >= 15 is 0 Å². The molecule has 1 aromatic carbocycles. The molecular weight excluding hydrogens is 480 g/mol. The second-order valence-corrected chi connectivity index (χ2v) is 9.02. The number of anilines is 1. The number of carbonyl (C=O) groups excluding carboxylic acids is 3. The van der Waals surface area contributed by atoms with Crippen molar-refractivity contribution in [2.45, 2.75) is 26.9 Å². The monoisotopic (exact) mass is 504 g/mol. The lowest BCUT2D eigenvalue weighted by Crippen LogP contribution is -2.21. The maximum Gasteiger partial charge on any atom is 0.341 e. The third kappa shape index (κ3) is 5.98. The SMILES string of the molecule is CCCOC(=O)c1c(NC(=O)c2ccc(COc3cccc(Cl)c3)o2)sc(C(=O)N(C)C)c1C. The summed E-state index contributed by atoms with van der Waals surface area (Å²) in [5.74, 6) is -0.409. The van der Waals surface area contributed by atoms with Crippen molar-refractivity contribution >= 4 is 45.7 Å². The fourth-order valence-corrected chi connectivity index (χ4v) is 4.37. The van der Waals surface area contributed by atoms with E-state index in [0.29, 0.717) is 33.4 Å². The Kier molecular flexibility index (Phi) is 8.36. The summed E-state index contributed by atoms with van der Waals surface area (Å²) in [5.41, 5.74) is 0.614. The van der Waals surface area contributed by atoms with E-state index in [9.17, 15) is 14.4 Å². The van der Waals surface area contributed by atoms with Gasteiger partial charge in [0.1, 0.15) is 23.1 Å². The molecular formula is C24H25ClN2O6S. The predicted molar refractivity (Wildman–Crippen MR) is 130 cm³/mol. The van der Waals surface area contributed by atoms with Crippen LogP contribution in [-0.2, 0) is 11.3 Å². The number of furan rings is 1. The number of ether oxygens (including phenoxy) is 2. The molecule has 0 aliphatic heterocycles. The molecule has 3 aromatic rings. The fourth-order valence-electron chi connectivity index (χ4n) is 2.97. The van der Waals surface area contributed by atoms with Crippen LogP contribution in [0.25, 0.3) is 0 Å². The maximum atomic E-state index is 12.9. The summed E-state index contributed by atoms with van der Waals surface area (Å²) < 4.78 is 16.5. The first-order valence-corrected chi connectivity index (χ1v) is 11.7. The van der Waals surface area contributed by atoms with Crippen LogP contribution in [0, 0.1) is 6.92 Å². The van der Waals surface area contributed by atoms with E-state index in [1.165, 1.54) is 11.0 Å². The number of halogens is 1. The van der Waals surface area contributed by atoms with Crippen LogP contribution in [0.2, 0.25) is 5.02 Å². The van der Waals surface area contributed by atoms with Crippen LogP contribution in [0.15, 0.2) is 40.8 Å². The van der Waals surface area contributed by atoms with Crippen molar-refractivity contribution in [3.8, 4) is 5.75 Å². The van der Waals surface area contributed by atoms with E-state index in [1.807, 2.05) is 6.92 Å². The Morgan fingerprint density at radius 3 is 2.62 bits per heavy atom. The van der Waals surface area contributed by atoms with Gasteiger partial charge in [0.15, 0.2) is 5.76 Å². The van der Waals surface area contributed by atoms with Crippen molar-refractivity contribution in [3.63, 3.8) is 0 Å². The molecule has 8 nitrogen and oxygen atoms in total. The molecule has 2 amide bonds. The Labute approximate surface area is 206 Å². The highest BCUT2D eigenvalue weighted by Crippen LogP contribution is 2.35. The minimum Gasteiger partial charge on any atom is -0.486 e. The molecule has 0 spiro atoms.